The molecule has 6 rings (SSSR count). The predicted octanol–water partition coefficient (Wildman–Crippen LogP) is 5.62. The molecule has 0 spiro atoms. The van der Waals surface area contributed by atoms with Crippen molar-refractivity contribution in [3.05, 3.63) is 113 Å². The third kappa shape index (κ3) is 3.85. The molecule has 166 valence electrons. The van der Waals surface area contributed by atoms with E-state index < -0.39 is 0 Å². The normalized spacial score (nSPS) is 19.2. The van der Waals surface area contributed by atoms with Gasteiger partial charge in [-0.05, 0) is 36.0 Å². The molecule has 2 aliphatic rings. The molecule has 1 saturated heterocycles. The number of nitrogens with one attached hydrogen (secondary N) is 2. The Morgan fingerprint density at radius 3 is 2.59 bits per heavy atom. The number of aromatic nitrogens is 2. The third-order valence-electron chi connectivity index (χ3n) is 6.04. The van der Waals surface area contributed by atoms with Gasteiger partial charge in [0, 0.05) is 33.9 Å². The maximum Gasteiger partial charge on any atom is 0.185 e. The molecule has 2 atom stereocenters. The van der Waals surface area contributed by atoms with Crippen LogP contribution in [-0.2, 0) is 6.54 Å². The number of fused-ring (bicyclic) bond motifs is 1. The van der Waals surface area contributed by atoms with Crippen LogP contribution < -0.4 is 10.9 Å². The zero-order valence-corrected chi connectivity index (χ0v) is 19.8. The molecule has 1 fully saturated rings. The van der Waals surface area contributed by atoms with Crippen molar-refractivity contribution in [3.8, 4) is 11.3 Å². The molecular weight excluding hydrogens is 458 g/mol. The fourth-order valence-corrected chi connectivity index (χ4v) is 5.70. The Bertz CT molecular complexity index is 1450. The van der Waals surface area contributed by atoms with Gasteiger partial charge in [-0.15, -0.1) is 27.3 Å². The van der Waals surface area contributed by atoms with E-state index in [1.807, 2.05) is 36.4 Å². The van der Waals surface area contributed by atoms with E-state index in [-0.39, 0.29) is 12.1 Å². The van der Waals surface area contributed by atoms with Gasteiger partial charge in [-0.2, -0.15) is 0 Å². The molecule has 2 aromatic heterocycles. The quantitative estimate of drug-likeness (QED) is 0.286. The monoisotopic (exact) mass is 479 g/mol. The summed E-state index contributed by atoms with van der Waals surface area (Å²) < 4.78 is 0. The number of allylic oxidation sites excluding steroid dienone is 3. The topological polar surface area (TPSA) is 53.1 Å². The summed E-state index contributed by atoms with van der Waals surface area (Å²) in [7, 11) is 0. The van der Waals surface area contributed by atoms with Crippen LogP contribution in [-0.4, -0.2) is 20.2 Å². The first-order chi connectivity index (χ1) is 16.8. The van der Waals surface area contributed by atoms with Crippen molar-refractivity contribution in [1.82, 2.24) is 25.9 Å². The molecule has 0 amide bonds. The van der Waals surface area contributed by atoms with Gasteiger partial charge in [0.05, 0.1) is 5.69 Å². The molecule has 0 saturated carbocycles. The number of thiocarbonyl (C=S) groups is 1. The second-order valence-corrected chi connectivity index (χ2v) is 9.65. The highest BCUT2D eigenvalue weighted by molar-refractivity contribution is 7.80. The minimum Gasteiger partial charge on any atom is -0.322 e. The molecular formula is C27H21N5S2. The number of nitrogens with zero attached hydrogens (tertiary/aromatic N) is 3. The second kappa shape index (κ2) is 8.97. The van der Waals surface area contributed by atoms with Crippen molar-refractivity contribution >= 4 is 38.9 Å². The largest absolute Gasteiger partial charge is 0.322 e. The summed E-state index contributed by atoms with van der Waals surface area (Å²) in [6, 6.07) is 22.9. The highest BCUT2D eigenvalue weighted by atomic mass is 32.1. The van der Waals surface area contributed by atoms with Crippen LogP contribution in [0.1, 0.15) is 28.1 Å². The highest BCUT2D eigenvalue weighted by Gasteiger charge is 2.31. The average molecular weight is 480 g/mol. The number of hydrazine groups is 1. The van der Waals surface area contributed by atoms with Crippen LogP contribution >= 0.6 is 23.6 Å². The van der Waals surface area contributed by atoms with Crippen molar-refractivity contribution in [3.63, 3.8) is 0 Å². The molecule has 7 heteroatoms. The smallest absolute Gasteiger partial charge is 0.185 e. The van der Waals surface area contributed by atoms with Gasteiger partial charge in [0.15, 0.2) is 5.11 Å². The van der Waals surface area contributed by atoms with E-state index in [0.717, 1.165) is 31.9 Å². The maximum absolute atomic E-state index is 5.61. The van der Waals surface area contributed by atoms with E-state index in [4.69, 9.17) is 12.2 Å². The number of hydrogen-bond acceptors (Lipinski definition) is 5. The lowest BCUT2D eigenvalue weighted by Crippen LogP contribution is -2.28. The fraction of sp³-hybridized carbons (Fsp3) is 0.111. The number of rotatable bonds is 5. The Hall–Kier alpha value is -3.61. The summed E-state index contributed by atoms with van der Waals surface area (Å²) >= 11 is 7.26. The Balaban J connectivity index is 1.46. The third-order valence-corrected chi connectivity index (χ3v) is 7.45. The molecule has 0 bridgehead atoms. The van der Waals surface area contributed by atoms with Crippen LogP contribution in [0.3, 0.4) is 0 Å². The summed E-state index contributed by atoms with van der Waals surface area (Å²) in [6.45, 7) is 0.714. The zero-order chi connectivity index (χ0) is 22.9. The van der Waals surface area contributed by atoms with Gasteiger partial charge in [0.25, 0.3) is 0 Å². The van der Waals surface area contributed by atoms with Crippen molar-refractivity contribution in [2.45, 2.75) is 18.6 Å². The molecule has 34 heavy (non-hydrogen) atoms. The second-order valence-electron chi connectivity index (χ2n) is 8.20. The van der Waals surface area contributed by atoms with E-state index >= 15 is 0 Å². The molecule has 1 aliphatic heterocycles. The Morgan fingerprint density at radius 1 is 1.03 bits per heavy atom. The minimum atomic E-state index is -0.0859. The molecule has 4 aromatic rings. The van der Waals surface area contributed by atoms with Crippen LogP contribution in [0.2, 0.25) is 0 Å². The highest BCUT2D eigenvalue weighted by Crippen LogP contribution is 2.40. The van der Waals surface area contributed by atoms with E-state index in [1.165, 1.54) is 5.56 Å². The Morgan fingerprint density at radius 2 is 1.82 bits per heavy atom. The van der Waals surface area contributed by atoms with Gasteiger partial charge < -0.3 is 4.90 Å². The van der Waals surface area contributed by atoms with Crippen molar-refractivity contribution in [1.29, 1.82) is 0 Å². The molecule has 2 N–H and O–H groups in total. The van der Waals surface area contributed by atoms with Gasteiger partial charge in [-0.3, -0.25) is 5.43 Å². The van der Waals surface area contributed by atoms with Crippen LogP contribution in [0, 0.1) is 0 Å². The van der Waals surface area contributed by atoms with E-state index in [9.17, 15) is 0 Å². The molecule has 0 radical (unpaired) electrons. The average Bonchev–Trinajstić information content (AvgIpc) is 3.48. The minimum absolute atomic E-state index is 0.0804. The van der Waals surface area contributed by atoms with Crippen LogP contribution in [0.25, 0.3) is 21.5 Å². The first-order valence-electron chi connectivity index (χ1n) is 11.1. The summed E-state index contributed by atoms with van der Waals surface area (Å²) in [5.74, 6) is 0.0804. The van der Waals surface area contributed by atoms with Gasteiger partial charge in [0.1, 0.15) is 11.0 Å². The number of hydrogen-bond donors (Lipinski definition) is 2. The van der Waals surface area contributed by atoms with Crippen molar-refractivity contribution < 1.29 is 0 Å². The number of benzene rings is 2. The van der Waals surface area contributed by atoms with Crippen LogP contribution in [0.5, 0.6) is 0 Å². The van der Waals surface area contributed by atoms with E-state index in [2.05, 4.69) is 86.3 Å². The fourth-order valence-electron chi connectivity index (χ4n) is 4.42. The molecule has 5 nitrogen and oxygen atoms in total. The number of thiophene rings is 1. The summed E-state index contributed by atoms with van der Waals surface area (Å²) in [5, 5.41) is 11.1. The molecule has 3 heterocycles. The Kier molecular flexibility index (Phi) is 5.53. The first-order valence-corrected chi connectivity index (χ1v) is 12.3. The van der Waals surface area contributed by atoms with Crippen molar-refractivity contribution in [2.75, 3.05) is 0 Å². The molecule has 2 unspecified atom stereocenters. The zero-order valence-electron chi connectivity index (χ0n) is 18.2. The van der Waals surface area contributed by atoms with Gasteiger partial charge in [0.2, 0.25) is 0 Å². The lowest BCUT2D eigenvalue weighted by atomic mass is 9.90. The van der Waals surface area contributed by atoms with E-state index in [0.29, 0.717) is 11.7 Å². The van der Waals surface area contributed by atoms with Gasteiger partial charge in [-0.25, -0.2) is 5.43 Å². The first kappa shape index (κ1) is 21.0. The Labute approximate surface area is 207 Å². The molecule has 1 aliphatic carbocycles. The molecule has 2 aromatic carbocycles. The SMILES string of the molecule is S=C1NNC(c2cc3c(C4C=C=CC=C4)c(-c4ccccc4)nnc3s2)N1Cc1ccccc1. The van der Waals surface area contributed by atoms with Crippen molar-refractivity contribution in [2.24, 2.45) is 0 Å². The summed E-state index contributed by atoms with van der Waals surface area (Å²) in [5.41, 5.74) is 14.1. The maximum atomic E-state index is 5.61. The van der Waals surface area contributed by atoms with E-state index in [1.54, 1.807) is 11.3 Å². The van der Waals surface area contributed by atoms with Gasteiger partial charge in [-0.1, -0.05) is 72.8 Å². The van der Waals surface area contributed by atoms with Crippen LogP contribution in [0.15, 0.2) is 96.8 Å². The van der Waals surface area contributed by atoms with Crippen LogP contribution in [0.4, 0.5) is 0 Å². The lowest BCUT2D eigenvalue weighted by Gasteiger charge is -2.23. The predicted molar refractivity (Wildman–Crippen MR) is 141 cm³/mol. The standard InChI is InChI=1S/C27H21N5S2/c33-27-31-29-25(32(27)17-18-10-4-1-5-11-18)22-16-21-23(19-12-6-2-7-13-19)24(28-30-26(21)34-22)20-14-8-3-9-15-20/h1-6,8-16,19,25,29H,17H2,(H,31,33). The summed E-state index contributed by atoms with van der Waals surface area (Å²) in [6.07, 6.45) is 8.16. The van der Waals surface area contributed by atoms with Gasteiger partial charge >= 0.3 is 0 Å². The lowest BCUT2D eigenvalue weighted by molar-refractivity contribution is 0.314. The summed E-state index contributed by atoms with van der Waals surface area (Å²) in [4.78, 5) is 4.22.